The van der Waals surface area contributed by atoms with Crippen LogP contribution < -0.4 is 10.6 Å². The molecule has 0 aromatic heterocycles. The number of nitrogens with one attached hydrogen (secondary N) is 2. The van der Waals surface area contributed by atoms with Crippen LogP contribution in [0.15, 0.2) is 24.3 Å². The van der Waals surface area contributed by atoms with Crippen molar-refractivity contribution >= 4 is 17.7 Å². The first kappa shape index (κ1) is 15.7. The van der Waals surface area contributed by atoms with Crippen molar-refractivity contribution in [2.45, 2.75) is 25.8 Å². The monoisotopic (exact) mass is 315 g/mol. The number of carbonyl (C=O) groups excluding carboxylic acids is 3. The molecule has 6 heteroatoms. The van der Waals surface area contributed by atoms with Gasteiger partial charge in [-0.2, -0.15) is 0 Å². The van der Waals surface area contributed by atoms with Crippen molar-refractivity contribution < 1.29 is 14.4 Å². The first-order valence-electron chi connectivity index (χ1n) is 7.99. The van der Waals surface area contributed by atoms with Gasteiger partial charge in [0.2, 0.25) is 11.8 Å². The maximum atomic E-state index is 12.6. The summed E-state index contributed by atoms with van der Waals surface area (Å²) in [7, 11) is 0. The number of imide groups is 1. The molecule has 2 saturated heterocycles. The van der Waals surface area contributed by atoms with Crippen molar-refractivity contribution in [3.05, 3.63) is 35.4 Å². The Kier molecular flexibility index (Phi) is 4.43. The molecule has 0 bridgehead atoms. The number of piperazine rings is 1. The fourth-order valence-electron chi connectivity index (χ4n) is 3.15. The molecule has 122 valence electrons. The molecule has 1 unspecified atom stereocenters. The molecule has 2 atom stereocenters. The third-order valence-electron chi connectivity index (χ3n) is 4.51. The molecule has 3 rings (SSSR count). The Morgan fingerprint density at radius 2 is 2.00 bits per heavy atom. The van der Waals surface area contributed by atoms with Crippen LogP contribution >= 0.6 is 0 Å². The summed E-state index contributed by atoms with van der Waals surface area (Å²) in [6, 6.07) is 7.54. The summed E-state index contributed by atoms with van der Waals surface area (Å²) in [5.74, 6) is -0.666. The molecule has 0 saturated carbocycles. The van der Waals surface area contributed by atoms with Gasteiger partial charge in [-0.05, 0) is 31.0 Å². The molecule has 2 N–H and O–H groups in total. The van der Waals surface area contributed by atoms with E-state index in [0.29, 0.717) is 18.5 Å². The number of rotatable bonds is 3. The Hall–Kier alpha value is -2.21. The Morgan fingerprint density at radius 1 is 1.26 bits per heavy atom. The molecular weight excluding hydrogens is 294 g/mol. The number of hydrogen-bond donors (Lipinski definition) is 2. The average Bonchev–Trinajstić information content (AvgIpc) is 2.85. The summed E-state index contributed by atoms with van der Waals surface area (Å²) in [5, 5.41) is 5.59. The lowest BCUT2D eigenvalue weighted by atomic mass is 9.97. The van der Waals surface area contributed by atoms with E-state index in [0.717, 1.165) is 18.7 Å². The van der Waals surface area contributed by atoms with Gasteiger partial charge in [0.15, 0.2) is 0 Å². The fourth-order valence-corrected chi connectivity index (χ4v) is 3.15. The van der Waals surface area contributed by atoms with E-state index in [2.05, 4.69) is 10.6 Å². The summed E-state index contributed by atoms with van der Waals surface area (Å²) < 4.78 is 0. The van der Waals surface area contributed by atoms with Crippen molar-refractivity contribution in [2.75, 3.05) is 19.6 Å². The Balaban J connectivity index is 1.66. The first-order valence-corrected chi connectivity index (χ1v) is 7.99. The average molecular weight is 315 g/mol. The lowest BCUT2D eigenvalue weighted by Gasteiger charge is -2.34. The second-order valence-corrected chi connectivity index (χ2v) is 6.27. The van der Waals surface area contributed by atoms with Gasteiger partial charge in [0, 0.05) is 37.7 Å². The van der Waals surface area contributed by atoms with Crippen LogP contribution in [0.4, 0.5) is 0 Å². The molecule has 0 radical (unpaired) electrons. The topological polar surface area (TPSA) is 78.5 Å². The highest BCUT2D eigenvalue weighted by Gasteiger charge is 2.30. The molecule has 23 heavy (non-hydrogen) atoms. The summed E-state index contributed by atoms with van der Waals surface area (Å²) in [4.78, 5) is 37.3. The quantitative estimate of drug-likeness (QED) is 0.788. The van der Waals surface area contributed by atoms with Gasteiger partial charge in [0.1, 0.15) is 0 Å². The summed E-state index contributed by atoms with van der Waals surface area (Å²) >= 11 is 0. The van der Waals surface area contributed by atoms with E-state index in [-0.39, 0.29) is 36.1 Å². The molecule has 2 aliphatic rings. The van der Waals surface area contributed by atoms with E-state index in [1.165, 1.54) is 0 Å². The number of hydrogen-bond acceptors (Lipinski definition) is 4. The molecule has 2 fully saturated rings. The van der Waals surface area contributed by atoms with E-state index in [1.54, 1.807) is 12.1 Å². The third kappa shape index (κ3) is 3.42. The second-order valence-electron chi connectivity index (χ2n) is 6.27. The van der Waals surface area contributed by atoms with Crippen LogP contribution in [0.2, 0.25) is 0 Å². The van der Waals surface area contributed by atoms with E-state index in [4.69, 9.17) is 0 Å². The standard InChI is InChI=1S/C17H21N3O3/c1-11-10-18-6-7-20(11)17(23)13-4-2-12(3-5-13)8-14-9-15(21)19-16(14)22/h2-5,11,14,18H,6-10H2,1H3,(H,19,21,22)/t11-,14?/m0/s1. The van der Waals surface area contributed by atoms with Crippen molar-refractivity contribution in [3.8, 4) is 0 Å². The highest BCUT2D eigenvalue weighted by Crippen LogP contribution is 2.18. The third-order valence-corrected chi connectivity index (χ3v) is 4.51. The maximum absolute atomic E-state index is 12.6. The predicted molar refractivity (Wildman–Crippen MR) is 84.8 cm³/mol. The van der Waals surface area contributed by atoms with Crippen LogP contribution in [0.25, 0.3) is 0 Å². The smallest absolute Gasteiger partial charge is 0.254 e. The normalized spacial score (nSPS) is 24.7. The lowest BCUT2D eigenvalue weighted by Crippen LogP contribution is -2.52. The maximum Gasteiger partial charge on any atom is 0.254 e. The lowest BCUT2D eigenvalue weighted by molar-refractivity contribution is -0.125. The number of nitrogens with zero attached hydrogens (tertiary/aromatic N) is 1. The molecule has 3 amide bonds. The molecule has 0 spiro atoms. The molecule has 1 aromatic carbocycles. The summed E-state index contributed by atoms with van der Waals surface area (Å²) in [6.45, 7) is 4.38. The molecule has 2 aliphatic heterocycles. The van der Waals surface area contributed by atoms with Gasteiger partial charge < -0.3 is 10.2 Å². The Morgan fingerprint density at radius 3 is 2.61 bits per heavy atom. The van der Waals surface area contributed by atoms with Gasteiger partial charge in [0.25, 0.3) is 5.91 Å². The molecule has 2 heterocycles. The molecular formula is C17H21N3O3. The van der Waals surface area contributed by atoms with Crippen LogP contribution in [-0.4, -0.2) is 48.3 Å². The van der Waals surface area contributed by atoms with Gasteiger partial charge in [-0.25, -0.2) is 0 Å². The molecule has 1 aromatic rings. The summed E-state index contributed by atoms with van der Waals surface area (Å²) in [6.07, 6.45) is 0.772. The highest BCUT2D eigenvalue weighted by molar-refractivity contribution is 6.03. The van der Waals surface area contributed by atoms with Crippen molar-refractivity contribution in [2.24, 2.45) is 5.92 Å². The second kappa shape index (κ2) is 6.50. The number of benzene rings is 1. The van der Waals surface area contributed by atoms with Crippen LogP contribution in [0, 0.1) is 5.92 Å². The van der Waals surface area contributed by atoms with Crippen LogP contribution in [0.3, 0.4) is 0 Å². The minimum Gasteiger partial charge on any atom is -0.333 e. The van der Waals surface area contributed by atoms with E-state index in [1.807, 2.05) is 24.0 Å². The SMILES string of the molecule is C[C@H]1CNCCN1C(=O)c1ccc(CC2CC(=O)NC2=O)cc1. The highest BCUT2D eigenvalue weighted by atomic mass is 16.2. The summed E-state index contributed by atoms with van der Waals surface area (Å²) in [5.41, 5.74) is 1.62. The van der Waals surface area contributed by atoms with Crippen LogP contribution in [-0.2, 0) is 16.0 Å². The van der Waals surface area contributed by atoms with Crippen molar-refractivity contribution in [1.29, 1.82) is 0 Å². The van der Waals surface area contributed by atoms with Crippen molar-refractivity contribution in [3.63, 3.8) is 0 Å². The largest absolute Gasteiger partial charge is 0.333 e. The zero-order valence-electron chi connectivity index (χ0n) is 13.2. The van der Waals surface area contributed by atoms with Gasteiger partial charge in [0.05, 0.1) is 5.92 Å². The Bertz CT molecular complexity index is 626. The van der Waals surface area contributed by atoms with Crippen LogP contribution in [0.1, 0.15) is 29.3 Å². The Labute approximate surface area is 135 Å². The van der Waals surface area contributed by atoms with Gasteiger partial charge in [-0.15, -0.1) is 0 Å². The van der Waals surface area contributed by atoms with E-state index >= 15 is 0 Å². The van der Waals surface area contributed by atoms with Gasteiger partial charge >= 0.3 is 0 Å². The zero-order valence-corrected chi connectivity index (χ0v) is 13.2. The van der Waals surface area contributed by atoms with E-state index < -0.39 is 0 Å². The van der Waals surface area contributed by atoms with Crippen LogP contribution in [0.5, 0.6) is 0 Å². The number of carbonyl (C=O) groups is 3. The predicted octanol–water partition coefficient (Wildman–Crippen LogP) is 0.326. The fraction of sp³-hybridized carbons (Fsp3) is 0.471. The van der Waals surface area contributed by atoms with E-state index in [9.17, 15) is 14.4 Å². The zero-order chi connectivity index (χ0) is 16.4. The minimum atomic E-state index is -0.294. The van der Waals surface area contributed by atoms with Gasteiger partial charge in [-0.1, -0.05) is 12.1 Å². The number of amides is 3. The molecule has 6 nitrogen and oxygen atoms in total. The van der Waals surface area contributed by atoms with Crippen molar-refractivity contribution in [1.82, 2.24) is 15.5 Å². The minimum absolute atomic E-state index is 0.0411. The van der Waals surface area contributed by atoms with Gasteiger partial charge in [-0.3, -0.25) is 19.7 Å². The first-order chi connectivity index (χ1) is 11.0. The molecule has 0 aliphatic carbocycles.